The molecule has 1 atom stereocenters. The first-order chi connectivity index (χ1) is 5.81. The van der Waals surface area contributed by atoms with E-state index in [0.29, 0.717) is 5.92 Å². The minimum atomic E-state index is 0.561. The number of hydrogen-bond acceptors (Lipinski definition) is 1. The van der Waals surface area contributed by atoms with Crippen LogP contribution in [0.2, 0.25) is 0 Å². The largest absolute Gasteiger partial charge is 0.497 e. The summed E-state index contributed by atoms with van der Waals surface area (Å²) in [4.78, 5) is 0. The second-order valence-corrected chi connectivity index (χ2v) is 3.14. The number of methoxy groups -OCH3 is 1. The molecule has 0 radical (unpaired) electrons. The first kappa shape index (κ1) is 7.41. The second kappa shape index (κ2) is 2.67. The zero-order valence-electron chi connectivity index (χ0n) is 7.37. The van der Waals surface area contributed by atoms with Gasteiger partial charge < -0.3 is 4.74 Å². The van der Waals surface area contributed by atoms with Crippen molar-refractivity contribution >= 4 is 6.08 Å². The number of ether oxygens (including phenoxy) is 1. The van der Waals surface area contributed by atoms with Crippen LogP contribution in [0.3, 0.4) is 0 Å². The molecule has 0 spiro atoms. The van der Waals surface area contributed by atoms with Crippen molar-refractivity contribution in [2.24, 2.45) is 0 Å². The standard InChI is InChI=1S/C11H12O/c1-8-3-4-9-7-10(12-2)5-6-11(8)9/h3-8H,1-2H3/t8-/m0/s1. The summed E-state index contributed by atoms with van der Waals surface area (Å²) in [5, 5.41) is 0. The highest BCUT2D eigenvalue weighted by molar-refractivity contribution is 5.63. The summed E-state index contributed by atoms with van der Waals surface area (Å²) in [5.41, 5.74) is 2.69. The predicted octanol–water partition coefficient (Wildman–Crippen LogP) is 2.83. The number of rotatable bonds is 1. The molecular formula is C11H12O. The van der Waals surface area contributed by atoms with Gasteiger partial charge in [0, 0.05) is 0 Å². The van der Waals surface area contributed by atoms with E-state index >= 15 is 0 Å². The molecule has 0 aliphatic heterocycles. The van der Waals surface area contributed by atoms with Crippen LogP contribution in [0.5, 0.6) is 5.75 Å². The maximum atomic E-state index is 5.14. The molecule has 0 bridgehead atoms. The molecule has 1 nitrogen and oxygen atoms in total. The van der Waals surface area contributed by atoms with Gasteiger partial charge in [-0.05, 0) is 29.2 Å². The van der Waals surface area contributed by atoms with Gasteiger partial charge in [0.1, 0.15) is 5.75 Å². The summed E-state index contributed by atoms with van der Waals surface area (Å²) in [5.74, 6) is 1.50. The molecule has 0 amide bonds. The van der Waals surface area contributed by atoms with Crippen molar-refractivity contribution in [1.82, 2.24) is 0 Å². The highest BCUT2D eigenvalue weighted by Gasteiger charge is 2.12. The van der Waals surface area contributed by atoms with Crippen LogP contribution in [0.15, 0.2) is 24.3 Å². The first-order valence-corrected chi connectivity index (χ1v) is 4.17. The van der Waals surface area contributed by atoms with E-state index in [1.54, 1.807) is 7.11 Å². The highest BCUT2D eigenvalue weighted by atomic mass is 16.5. The van der Waals surface area contributed by atoms with Crippen LogP contribution in [0, 0.1) is 0 Å². The Morgan fingerprint density at radius 2 is 2.17 bits per heavy atom. The van der Waals surface area contributed by atoms with Crippen molar-refractivity contribution in [2.45, 2.75) is 12.8 Å². The Morgan fingerprint density at radius 1 is 1.33 bits per heavy atom. The van der Waals surface area contributed by atoms with Gasteiger partial charge in [-0.15, -0.1) is 0 Å². The third kappa shape index (κ3) is 1.02. The van der Waals surface area contributed by atoms with Crippen molar-refractivity contribution in [3.63, 3.8) is 0 Å². The van der Waals surface area contributed by atoms with Crippen LogP contribution in [0.1, 0.15) is 24.0 Å². The average molecular weight is 160 g/mol. The van der Waals surface area contributed by atoms with Gasteiger partial charge in [0.2, 0.25) is 0 Å². The molecule has 0 saturated heterocycles. The summed E-state index contributed by atoms with van der Waals surface area (Å²) in [6, 6.07) is 6.23. The van der Waals surface area contributed by atoms with Gasteiger partial charge in [-0.1, -0.05) is 25.1 Å². The predicted molar refractivity (Wildman–Crippen MR) is 50.4 cm³/mol. The Kier molecular flexibility index (Phi) is 1.65. The Hall–Kier alpha value is -1.24. The van der Waals surface area contributed by atoms with E-state index < -0.39 is 0 Å². The Labute approximate surface area is 72.7 Å². The van der Waals surface area contributed by atoms with E-state index in [4.69, 9.17) is 4.74 Å². The maximum absolute atomic E-state index is 5.14. The second-order valence-electron chi connectivity index (χ2n) is 3.14. The summed E-state index contributed by atoms with van der Waals surface area (Å²) < 4.78 is 5.14. The van der Waals surface area contributed by atoms with Crippen LogP contribution in [-0.4, -0.2) is 7.11 Å². The first-order valence-electron chi connectivity index (χ1n) is 4.17. The van der Waals surface area contributed by atoms with Crippen LogP contribution in [0.4, 0.5) is 0 Å². The highest BCUT2D eigenvalue weighted by Crippen LogP contribution is 2.31. The molecule has 2 rings (SSSR count). The summed E-state index contributed by atoms with van der Waals surface area (Å²) in [6.45, 7) is 2.20. The van der Waals surface area contributed by atoms with E-state index in [0.717, 1.165) is 5.75 Å². The quantitative estimate of drug-likeness (QED) is 0.613. The van der Waals surface area contributed by atoms with Crippen LogP contribution >= 0.6 is 0 Å². The lowest BCUT2D eigenvalue weighted by molar-refractivity contribution is 0.414. The topological polar surface area (TPSA) is 9.23 Å². The molecule has 1 aromatic rings. The van der Waals surface area contributed by atoms with Gasteiger partial charge in [-0.25, -0.2) is 0 Å². The zero-order valence-corrected chi connectivity index (χ0v) is 7.37. The third-order valence-corrected chi connectivity index (χ3v) is 2.35. The van der Waals surface area contributed by atoms with Crippen molar-refractivity contribution in [1.29, 1.82) is 0 Å². The summed E-state index contributed by atoms with van der Waals surface area (Å²) in [7, 11) is 1.70. The fourth-order valence-corrected chi connectivity index (χ4v) is 1.59. The molecule has 1 heteroatoms. The van der Waals surface area contributed by atoms with Crippen molar-refractivity contribution < 1.29 is 4.74 Å². The minimum absolute atomic E-state index is 0.561. The zero-order chi connectivity index (χ0) is 8.55. The maximum Gasteiger partial charge on any atom is 0.119 e. The molecule has 1 aliphatic carbocycles. The third-order valence-electron chi connectivity index (χ3n) is 2.35. The fraction of sp³-hybridized carbons (Fsp3) is 0.273. The molecule has 1 aliphatic rings. The molecule has 0 N–H and O–H groups in total. The van der Waals surface area contributed by atoms with Gasteiger partial charge >= 0.3 is 0 Å². The lowest BCUT2D eigenvalue weighted by Crippen LogP contribution is -1.88. The molecule has 0 fully saturated rings. The van der Waals surface area contributed by atoms with Gasteiger partial charge in [0.05, 0.1) is 7.11 Å². The lowest BCUT2D eigenvalue weighted by atomic mass is 10.0. The Bertz CT molecular complexity index is 326. The average Bonchev–Trinajstić information content (AvgIpc) is 2.47. The lowest BCUT2D eigenvalue weighted by Gasteiger charge is -2.05. The number of benzene rings is 1. The van der Waals surface area contributed by atoms with Crippen LogP contribution < -0.4 is 4.74 Å². The van der Waals surface area contributed by atoms with Gasteiger partial charge in [-0.3, -0.25) is 0 Å². The molecule has 62 valence electrons. The normalized spacial score (nSPS) is 19.3. The molecule has 1 aromatic carbocycles. The van der Waals surface area contributed by atoms with Crippen molar-refractivity contribution in [3.05, 3.63) is 35.4 Å². The van der Waals surface area contributed by atoms with Crippen molar-refractivity contribution in [2.75, 3.05) is 7.11 Å². The Morgan fingerprint density at radius 3 is 2.92 bits per heavy atom. The molecule has 0 unspecified atom stereocenters. The molecule has 0 aromatic heterocycles. The Balaban J connectivity index is 2.47. The smallest absolute Gasteiger partial charge is 0.119 e. The fourth-order valence-electron chi connectivity index (χ4n) is 1.59. The summed E-state index contributed by atoms with van der Waals surface area (Å²) >= 11 is 0. The van der Waals surface area contributed by atoms with Crippen LogP contribution in [-0.2, 0) is 0 Å². The van der Waals surface area contributed by atoms with Gasteiger partial charge in [-0.2, -0.15) is 0 Å². The van der Waals surface area contributed by atoms with E-state index in [2.05, 4.69) is 31.2 Å². The van der Waals surface area contributed by atoms with E-state index in [1.165, 1.54) is 11.1 Å². The SMILES string of the molecule is COc1ccc2c(c1)C=C[C@@H]2C. The molecular weight excluding hydrogens is 148 g/mol. The monoisotopic (exact) mass is 160 g/mol. The molecule has 0 heterocycles. The number of allylic oxidation sites excluding steroid dienone is 1. The van der Waals surface area contributed by atoms with Gasteiger partial charge in [0.25, 0.3) is 0 Å². The van der Waals surface area contributed by atoms with E-state index in [1.807, 2.05) is 6.07 Å². The minimum Gasteiger partial charge on any atom is -0.497 e. The van der Waals surface area contributed by atoms with Gasteiger partial charge in [0.15, 0.2) is 0 Å². The number of hydrogen-bond donors (Lipinski definition) is 0. The number of fused-ring (bicyclic) bond motifs is 1. The van der Waals surface area contributed by atoms with E-state index in [-0.39, 0.29) is 0 Å². The van der Waals surface area contributed by atoms with Crippen molar-refractivity contribution in [3.8, 4) is 5.75 Å². The van der Waals surface area contributed by atoms with Crippen LogP contribution in [0.25, 0.3) is 6.08 Å². The molecule has 12 heavy (non-hydrogen) atoms. The summed E-state index contributed by atoms with van der Waals surface area (Å²) in [6.07, 6.45) is 4.37. The van der Waals surface area contributed by atoms with E-state index in [9.17, 15) is 0 Å². The molecule has 0 saturated carbocycles.